The Morgan fingerprint density at radius 1 is 1.27 bits per heavy atom. The molecule has 11 heavy (non-hydrogen) atoms. The third-order valence-electron chi connectivity index (χ3n) is 1.47. The first-order chi connectivity index (χ1) is 5.09. The molecule has 0 fully saturated rings. The predicted octanol–water partition coefficient (Wildman–Crippen LogP) is 0.817. The summed E-state index contributed by atoms with van der Waals surface area (Å²) in [7, 11) is 0. The summed E-state index contributed by atoms with van der Waals surface area (Å²) in [5.74, 6) is -0.799. The second kappa shape index (κ2) is 5.02. The summed E-state index contributed by atoms with van der Waals surface area (Å²) in [6.07, 6.45) is 0. The Balaban J connectivity index is 3.90. The third kappa shape index (κ3) is 3.88. The van der Waals surface area contributed by atoms with E-state index in [1.807, 2.05) is 6.92 Å². The Morgan fingerprint density at radius 3 is 2.00 bits per heavy atom. The average Bonchev–Trinajstić information content (AvgIpc) is 1.87. The van der Waals surface area contributed by atoms with Gasteiger partial charge in [0, 0.05) is 6.61 Å². The van der Waals surface area contributed by atoms with E-state index in [4.69, 9.17) is 4.74 Å². The van der Waals surface area contributed by atoms with Gasteiger partial charge in [-0.15, -0.1) is 0 Å². The summed E-state index contributed by atoms with van der Waals surface area (Å²) in [6, 6.07) is 0. The number of ketones is 2. The summed E-state index contributed by atoms with van der Waals surface area (Å²) >= 11 is 0. The fraction of sp³-hybridized carbons (Fsp3) is 0.750. The Morgan fingerprint density at radius 2 is 1.73 bits per heavy atom. The molecule has 0 unspecified atom stereocenters. The highest BCUT2D eigenvalue weighted by Crippen LogP contribution is 2.00. The molecule has 0 radical (unpaired) electrons. The van der Waals surface area contributed by atoms with Crippen LogP contribution in [-0.2, 0) is 14.3 Å². The topological polar surface area (TPSA) is 43.4 Å². The zero-order valence-corrected chi connectivity index (χ0v) is 7.22. The minimum Gasteiger partial charge on any atom is -0.381 e. The quantitative estimate of drug-likeness (QED) is 0.556. The van der Waals surface area contributed by atoms with E-state index in [0.29, 0.717) is 6.61 Å². The van der Waals surface area contributed by atoms with Crippen LogP contribution in [0.1, 0.15) is 20.8 Å². The van der Waals surface area contributed by atoms with E-state index in [9.17, 15) is 9.59 Å². The maximum absolute atomic E-state index is 10.8. The second-order valence-corrected chi connectivity index (χ2v) is 2.43. The molecule has 0 aliphatic carbocycles. The van der Waals surface area contributed by atoms with E-state index in [0.717, 1.165) is 0 Å². The van der Waals surface area contributed by atoms with E-state index >= 15 is 0 Å². The molecule has 3 nitrogen and oxygen atoms in total. The summed E-state index contributed by atoms with van der Waals surface area (Å²) in [5.41, 5.74) is 0. The van der Waals surface area contributed by atoms with Gasteiger partial charge in [0.25, 0.3) is 0 Å². The van der Waals surface area contributed by atoms with Crippen molar-refractivity contribution in [3.8, 4) is 0 Å². The first-order valence-corrected chi connectivity index (χ1v) is 3.68. The lowest BCUT2D eigenvalue weighted by Gasteiger charge is -2.08. The zero-order chi connectivity index (χ0) is 8.85. The molecule has 0 aliphatic rings. The smallest absolute Gasteiger partial charge is 0.142 e. The monoisotopic (exact) mass is 158 g/mol. The molecule has 0 rings (SSSR count). The summed E-state index contributed by atoms with van der Waals surface area (Å²) in [4.78, 5) is 21.6. The molecule has 0 N–H and O–H groups in total. The van der Waals surface area contributed by atoms with Gasteiger partial charge in [0.05, 0.1) is 12.5 Å². The van der Waals surface area contributed by atoms with Crippen molar-refractivity contribution in [1.29, 1.82) is 0 Å². The normalized spacial score (nSPS) is 10.2. The number of ether oxygens (including phenoxy) is 1. The van der Waals surface area contributed by atoms with Crippen molar-refractivity contribution in [3.63, 3.8) is 0 Å². The number of hydrogen-bond acceptors (Lipinski definition) is 3. The van der Waals surface area contributed by atoms with Crippen molar-refractivity contribution in [2.24, 2.45) is 5.92 Å². The number of rotatable bonds is 5. The number of hydrogen-bond donors (Lipinski definition) is 0. The molecule has 0 bridgehead atoms. The Bertz CT molecular complexity index is 137. The lowest BCUT2D eigenvalue weighted by Crippen LogP contribution is -2.24. The van der Waals surface area contributed by atoms with Crippen molar-refractivity contribution in [3.05, 3.63) is 0 Å². The van der Waals surface area contributed by atoms with Crippen molar-refractivity contribution in [1.82, 2.24) is 0 Å². The molecule has 0 heterocycles. The molecule has 0 aromatic rings. The Kier molecular flexibility index (Phi) is 4.70. The van der Waals surface area contributed by atoms with Crippen LogP contribution in [0.25, 0.3) is 0 Å². The molecule has 0 saturated heterocycles. The van der Waals surface area contributed by atoms with Crippen molar-refractivity contribution >= 4 is 11.6 Å². The zero-order valence-electron chi connectivity index (χ0n) is 7.22. The van der Waals surface area contributed by atoms with Gasteiger partial charge in [-0.1, -0.05) is 0 Å². The number of carbonyl (C=O) groups excluding carboxylic acids is 2. The van der Waals surface area contributed by atoms with Crippen LogP contribution in [-0.4, -0.2) is 24.8 Å². The predicted molar refractivity (Wildman–Crippen MR) is 41.3 cm³/mol. The van der Waals surface area contributed by atoms with Crippen LogP contribution in [0.4, 0.5) is 0 Å². The van der Waals surface area contributed by atoms with Gasteiger partial charge in [-0.2, -0.15) is 0 Å². The van der Waals surface area contributed by atoms with E-state index < -0.39 is 5.92 Å². The van der Waals surface area contributed by atoms with Gasteiger partial charge < -0.3 is 4.74 Å². The standard InChI is InChI=1S/C8H14O3/c1-4-11-5-8(6(2)9)7(3)10/h8H,4-5H2,1-3H3. The Hall–Kier alpha value is -0.700. The fourth-order valence-electron chi connectivity index (χ4n) is 0.757. The maximum atomic E-state index is 10.8. The van der Waals surface area contributed by atoms with Gasteiger partial charge >= 0.3 is 0 Å². The lowest BCUT2D eigenvalue weighted by atomic mass is 10.0. The molecule has 0 aromatic heterocycles. The molecule has 3 heteroatoms. The molecular weight excluding hydrogens is 144 g/mol. The van der Waals surface area contributed by atoms with Crippen LogP contribution in [0.5, 0.6) is 0 Å². The average molecular weight is 158 g/mol. The number of carbonyl (C=O) groups is 2. The van der Waals surface area contributed by atoms with Gasteiger partial charge in [0.1, 0.15) is 11.6 Å². The van der Waals surface area contributed by atoms with Gasteiger partial charge in [-0.25, -0.2) is 0 Å². The van der Waals surface area contributed by atoms with Crippen molar-refractivity contribution in [2.45, 2.75) is 20.8 Å². The molecule has 0 spiro atoms. The third-order valence-corrected chi connectivity index (χ3v) is 1.47. The van der Waals surface area contributed by atoms with Crippen molar-refractivity contribution < 1.29 is 14.3 Å². The largest absolute Gasteiger partial charge is 0.381 e. The van der Waals surface area contributed by atoms with E-state index in [-0.39, 0.29) is 18.2 Å². The van der Waals surface area contributed by atoms with E-state index in [1.165, 1.54) is 13.8 Å². The second-order valence-electron chi connectivity index (χ2n) is 2.43. The van der Waals surface area contributed by atoms with Crippen LogP contribution < -0.4 is 0 Å². The molecule has 0 amide bonds. The minimum absolute atomic E-state index is 0.119. The van der Waals surface area contributed by atoms with Gasteiger partial charge in [0.15, 0.2) is 0 Å². The van der Waals surface area contributed by atoms with Crippen LogP contribution in [0, 0.1) is 5.92 Å². The minimum atomic E-state index is -0.560. The highest BCUT2D eigenvalue weighted by Gasteiger charge is 2.18. The summed E-state index contributed by atoms with van der Waals surface area (Å²) < 4.78 is 4.98. The van der Waals surface area contributed by atoms with E-state index in [1.54, 1.807) is 0 Å². The Labute approximate surface area is 66.7 Å². The van der Waals surface area contributed by atoms with Crippen LogP contribution >= 0.6 is 0 Å². The lowest BCUT2D eigenvalue weighted by molar-refractivity contribution is -0.132. The maximum Gasteiger partial charge on any atom is 0.142 e. The molecule has 0 aliphatic heterocycles. The summed E-state index contributed by atoms with van der Waals surface area (Å²) in [5, 5.41) is 0. The van der Waals surface area contributed by atoms with Gasteiger partial charge in [-0.05, 0) is 20.8 Å². The fourth-order valence-corrected chi connectivity index (χ4v) is 0.757. The van der Waals surface area contributed by atoms with E-state index in [2.05, 4.69) is 0 Å². The highest BCUT2D eigenvalue weighted by atomic mass is 16.5. The molecule has 0 saturated carbocycles. The molecule has 64 valence electrons. The van der Waals surface area contributed by atoms with Crippen molar-refractivity contribution in [2.75, 3.05) is 13.2 Å². The number of Topliss-reactive ketones (excluding diaryl/α,β-unsaturated/α-hetero) is 2. The molecule has 0 aromatic carbocycles. The van der Waals surface area contributed by atoms with Crippen LogP contribution in [0.3, 0.4) is 0 Å². The van der Waals surface area contributed by atoms with Crippen LogP contribution in [0.2, 0.25) is 0 Å². The first kappa shape index (κ1) is 10.3. The SMILES string of the molecule is CCOCC(C(C)=O)C(C)=O. The molecular formula is C8H14O3. The van der Waals surface area contributed by atoms with Crippen LogP contribution in [0.15, 0.2) is 0 Å². The highest BCUT2D eigenvalue weighted by molar-refractivity contribution is 6.00. The summed E-state index contributed by atoms with van der Waals surface area (Å²) in [6.45, 7) is 5.41. The molecule has 0 atom stereocenters. The van der Waals surface area contributed by atoms with Gasteiger partial charge in [-0.3, -0.25) is 9.59 Å². The van der Waals surface area contributed by atoms with Gasteiger partial charge in [0.2, 0.25) is 0 Å². The first-order valence-electron chi connectivity index (χ1n) is 3.68.